The lowest BCUT2D eigenvalue weighted by molar-refractivity contribution is 0.279. The molecule has 2 N–H and O–H groups in total. The van der Waals surface area contributed by atoms with Crippen LogP contribution in [0.25, 0.3) is 0 Å². The Balaban J connectivity index is 2.13. The molecule has 17 heavy (non-hydrogen) atoms. The van der Waals surface area contributed by atoms with Crippen molar-refractivity contribution in [3.05, 3.63) is 47.8 Å². The predicted octanol–water partition coefficient (Wildman–Crippen LogP) is 1.25. The zero-order valence-electron chi connectivity index (χ0n) is 9.08. The first kappa shape index (κ1) is 11.5. The number of hydrogen-bond acceptors (Lipinski definition) is 5. The summed E-state index contributed by atoms with van der Waals surface area (Å²) in [6.45, 7) is -0.137. The number of aliphatic hydroxyl groups is 2. The SMILES string of the molecule is OCc1cnc(Oc2cccc(CO)c2)nc1. The average molecular weight is 232 g/mol. The number of hydrogen-bond donors (Lipinski definition) is 2. The molecule has 1 heterocycles. The zero-order valence-corrected chi connectivity index (χ0v) is 9.08. The molecule has 5 heteroatoms. The van der Waals surface area contributed by atoms with Crippen molar-refractivity contribution < 1.29 is 14.9 Å². The van der Waals surface area contributed by atoms with Crippen LogP contribution in [0, 0.1) is 0 Å². The molecule has 0 aliphatic carbocycles. The van der Waals surface area contributed by atoms with E-state index in [4.69, 9.17) is 14.9 Å². The van der Waals surface area contributed by atoms with Crippen LogP contribution in [0.1, 0.15) is 11.1 Å². The van der Waals surface area contributed by atoms with Gasteiger partial charge in [0.15, 0.2) is 0 Å². The minimum Gasteiger partial charge on any atom is -0.424 e. The van der Waals surface area contributed by atoms with Gasteiger partial charge in [0.05, 0.1) is 13.2 Å². The van der Waals surface area contributed by atoms with Gasteiger partial charge in [-0.1, -0.05) is 12.1 Å². The van der Waals surface area contributed by atoms with E-state index < -0.39 is 0 Å². The van der Waals surface area contributed by atoms with Crippen molar-refractivity contribution in [3.8, 4) is 11.8 Å². The van der Waals surface area contributed by atoms with E-state index in [1.54, 1.807) is 24.3 Å². The summed E-state index contributed by atoms with van der Waals surface area (Å²) < 4.78 is 5.41. The largest absolute Gasteiger partial charge is 0.424 e. The molecule has 0 unspecified atom stereocenters. The van der Waals surface area contributed by atoms with Gasteiger partial charge in [0.1, 0.15) is 5.75 Å². The molecule has 1 aromatic heterocycles. The summed E-state index contributed by atoms with van der Waals surface area (Å²) in [5.41, 5.74) is 1.39. The van der Waals surface area contributed by atoms with Crippen LogP contribution >= 0.6 is 0 Å². The van der Waals surface area contributed by atoms with E-state index in [9.17, 15) is 0 Å². The number of benzene rings is 1. The minimum absolute atomic E-state index is 0.0402. The van der Waals surface area contributed by atoms with Gasteiger partial charge in [0.25, 0.3) is 0 Å². The van der Waals surface area contributed by atoms with Crippen molar-refractivity contribution in [1.82, 2.24) is 9.97 Å². The molecule has 0 aliphatic rings. The molecule has 0 saturated heterocycles. The highest BCUT2D eigenvalue weighted by molar-refractivity contribution is 5.30. The van der Waals surface area contributed by atoms with Gasteiger partial charge < -0.3 is 14.9 Å². The molecule has 2 aromatic rings. The smallest absolute Gasteiger partial charge is 0.321 e. The van der Waals surface area contributed by atoms with Gasteiger partial charge in [-0.25, -0.2) is 9.97 Å². The Kier molecular flexibility index (Phi) is 3.64. The summed E-state index contributed by atoms with van der Waals surface area (Å²) in [5, 5.41) is 17.8. The highest BCUT2D eigenvalue weighted by Gasteiger charge is 2.01. The van der Waals surface area contributed by atoms with Crippen molar-refractivity contribution in [1.29, 1.82) is 0 Å². The fraction of sp³-hybridized carbons (Fsp3) is 0.167. The highest BCUT2D eigenvalue weighted by atomic mass is 16.5. The van der Waals surface area contributed by atoms with Crippen molar-refractivity contribution in [2.24, 2.45) is 0 Å². The second kappa shape index (κ2) is 5.38. The first-order valence-electron chi connectivity index (χ1n) is 5.11. The van der Waals surface area contributed by atoms with Gasteiger partial charge >= 0.3 is 6.01 Å². The van der Waals surface area contributed by atoms with E-state index in [0.29, 0.717) is 11.3 Å². The van der Waals surface area contributed by atoms with E-state index in [2.05, 4.69) is 9.97 Å². The first-order valence-corrected chi connectivity index (χ1v) is 5.11. The van der Waals surface area contributed by atoms with E-state index in [0.717, 1.165) is 5.56 Å². The quantitative estimate of drug-likeness (QED) is 0.829. The van der Waals surface area contributed by atoms with Crippen LogP contribution < -0.4 is 4.74 Å². The number of ether oxygens (including phenoxy) is 1. The van der Waals surface area contributed by atoms with Gasteiger partial charge in [-0.05, 0) is 17.7 Å². The summed E-state index contributed by atoms with van der Waals surface area (Å²) >= 11 is 0. The second-order valence-corrected chi connectivity index (χ2v) is 3.44. The van der Waals surface area contributed by atoms with Crippen LogP contribution in [0.5, 0.6) is 11.8 Å². The molecule has 0 saturated carbocycles. The van der Waals surface area contributed by atoms with Crippen LogP contribution in [0.15, 0.2) is 36.7 Å². The lowest BCUT2D eigenvalue weighted by atomic mass is 10.2. The third-order valence-electron chi connectivity index (χ3n) is 2.15. The maximum absolute atomic E-state index is 8.98. The van der Waals surface area contributed by atoms with Crippen molar-refractivity contribution in [2.45, 2.75) is 13.2 Å². The zero-order chi connectivity index (χ0) is 12.1. The summed E-state index contributed by atoms with van der Waals surface area (Å²) in [7, 11) is 0. The maximum Gasteiger partial charge on any atom is 0.321 e. The fourth-order valence-electron chi connectivity index (χ4n) is 1.29. The average Bonchev–Trinajstić information content (AvgIpc) is 2.40. The Labute approximate surface area is 98.4 Å². The van der Waals surface area contributed by atoms with Crippen LogP contribution in [-0.4, -0.2) is 20.2 Å². The predicted molar refractivity (Wildman–Crippen MR) is 60.4 cm³/mol. The first-order chi connectivity index (χ1) is 8.31. The van der Waals surface area contributed by atoms with Crippen LogP contribution in [0.2, 0.25) is 0 Å². The minimum atomic E-state index is -0.0969. The topological polar surface area (TPSA) is 75.5 Å². The van der Waals surface area contributed by atoms with E-state index in [1.165, 1.54) is 12.4 Å². The monoisotopic (exact) mass is 232 g/mol. The molecule has 0 aliphatic heterocycles. The van der Waals surface area contributed by atoms with Gasteiger partial charge in [0.2, 0.25) is 0 Å². The number of aromatic nitrogens is 2. The Morgan fingerprint density at radius 2 is 1.71 bits per heavy atom. The summed E-state index contributed by atoms with van der Waals surface area (Å²) in [5.74, 6) is 0.563. The number of aliphatic hydroxyl groups excluding tert-OH is 2. The lowest BCUT2D eigenvalue weighted by Crippen LogP contribution is -1.94. The molecule has 5 nitrogen and oxygen atoms in total. The number of rotatable bonds is 4. The van der Waals surface area contributed by atoms with E-state index in [-0.39, 0.29) is 19.2 Å². The Morgan fingerprint density at radius 1 is 1.00 bits per heavy atom. The highest BCUT2D eigenvalue weighted by Crippen LogP contribution is 2.18. The molecular weight excluding hydrogens is 220 g/mol. The van der Waals surface area contributed by atoms with Gasteiger partial charge in [-0.3, -0.25) is 0 Å². The van der Waals surface area contributed by atoms with Crippen LogP contribution in [0.3, 0.4) is 0 Å². The molecule has 88 valence electrons. The van der Waals surface area contributed by atoms with Gasteiger partial charge in [-0.15, -0.1) is 0 Å². The molecule has 0 atom stereocenters. The fourth-order valence-corrected chi connectivity index (χ4v) is 1.29. The third-order valence-corrected chi connectivity index (χ3v) is 2.15. The summed E-state index contributed by atoms with van der Waals surface area (Å²) in [6.07, 6.45) is 3.00. The van der Waals surface area contributed by atoms with Crippen molar-refractivity contribution >= 4 is 0 Å². The van der Waals surface area contributed by atoms with E-state index >= 15 is 0 Å². The molecule has 0 spiro atoms. The molecule has 2 rings (SSSR count). The van der Waals surface area contributed by atoms with Crippen molar-refractivity contribution in [2.75, 3.05) is 0 Å². The van der Waals surface area contributed by atoms with E-state index in [1.807, 2.05) is 0 Å². The van der Waals surface area contributed by atoms with Gasteiger partial charge in [-0.2, -0.15) is 0 Å². The Bertz CT molecular complexity index is 485. The molecule has 0 fully saturated rings. The standard InChI is InChI=1S/C12H12N2O3/c15-7-9-2-1-3-11(4-9)17-12-13-5-10(8-16)6-14-12/h1-6,15-16H,7-8H2. The second-order valence-electron chi connectivity index (χ2n) is 3.44. The van der Waals surface area contributed by atoms with Crippen LogP contribution in [0.4, 0.5) is 0 Å². The Hall–Kier alpha value is -1.98. The van der Waals surface area contributed by atoms with Crippen molar-refractivity contribution in [3.63, 3.8) is 0 Å². The normalized spacial score (nSPS) is 10.2. The molecule has 0 bridgehead atoms. The third kappa shape index (κ3) is 2.99. The summed E-state index contributed by atoms with van der Waals surface area (Å²) in [6, 6.07) is 7.24. The molecule has 0 amide bonds. The molecule has 0 radical (unpaired) electrons. The van der Waals surface area contributed by atoms with Crippen LogP contribution in [-0.2, 0) is 13.2 Å². The number of nitrogens with zero attached hydrogens (tertiary/aromatic N) is 2. The van der Waals surface area contributed by atoms with Gasteiger partial charge in [0, 0.05) is 18.0 Å². The lowest BCUT2D eigenvalue weighted by Gasteiger charge is -2.05. The molecule has 1 aromatic carbocycles. The summed E-state index contributed by atoms with van der Waals surface area (Å²) in [4.78, 5) is 7.89. The Morgan fingerprint density at radius 3 is 2.35 bits per heavy atom. The molecular formula is C12H12N2O3. The maximum atomic E-state index is 8.98.